The molecule has 0 fully saturated rings. The van der Waals surface area contributed by atoms with E-state index < -0.39 is 26.6 Å². The molecular formula is C23H20F2N4O3S. The number of nitrogens with two attached hydrogens (primary N) is 1. The Hall–Kier alpha value is -3.79. The molecule has 170 valence electrons. The second-order valence-electron chi connectivity index (χ2n) is 7.25. The Morgan fingerprint density at radius 2 is 1.85 bits per heavy atom. The van der Waals surface area contributed by atoms with Crippen molar-refractivity contribution in [2.24, 2.45) is 0 Å². The number of hydrogen-bond donors (Lipinski definition) is 2. The van der Waals surface area contributed by atoms with Gasteiger partial charge in [0.2, 0.25) is 5.88 Å². The summed E-state index contributed by atoms with van der Waals surface area (Å²) in [6.07, 6.45) is 2.26. The van der Waals surface area contributed by atoms with Gasteiger partial charge in [-0.15, -0.1) is 0 Å². The highest BCUT2D eigenvalue weighted by molar-refractivity contribution is 7.92. The zero-order chi connectivity index (χ0) is 23.8. The van der Waals surface area contributed by atoms with E-state index in [1.54, 1.807) is 0 Å². The minimum Gasteiger partial charge on any atom is -0.480 e. The van der Waals surface area contributed by atoms with E-state index in [1.165, 1.54) is 19.4 Å². The molecule has 0 bridgehead atoms. The van der Waals surface area contributed by atoms with Crippen LogP contribution in [0.1, 0.15) is 12.5 Å². The van der Waals surface area contributed by atoms with E-state index in [-0.39, 0.29) is 11.6 Å². The lowest BCUT2D eigenvalue weighted by atomic mass is 10.0. The fourth-order valence-corrected chi connectivity index (χ4v) is 4.55. The first-order valence-corrected chi connectivity index (χ1v) is 11.4. The lowest BCUT2D eigenvalue weighted by molar-refractivity contribution is 0.400. The number of aryl methyl sites for hydroxylation is 1. The Balaban J connectivity index is 1.76. The van der Waals surface area contributed by atoms with Gasteiger partial charge in [0.05, 0.1) is 12.6 Å². The van der Waals surface area contributed by atoms with Crippen LogP contribution >= 0.6 is 0 Å². The molecular weight excluding hydrogens is 450 g/mol. The number of nitrogen functional groups attached to an aromatic ring is 1. The number of ether oxygens (including phenoxy) is 1. The van der Waals surface area contributed by atoms with Gasteiger partial charge in [0, 0.05) is 23.2 Å². The van der Waals surface area contributed by atoms with E-state index in [9.17, 15) is 17.2 Å². The first-order valence-electron chi connectivity index (χ1n) is 9.93. The van der Waals surface area contributed by atoms with Crippen LogP contribution in [0.15, 0.2) is 59.6 Å². The first kappa shape index (κ1) is 22.4. The number of fused-ring (bicyclic) bond motifs is 1. The minimum atomic E-state index is -4.38. The molecule has 3 N–H and O–H groups in total. The fraction of sp³-hybridized carbons (Fsp3) is 0.130. The third-order valence-corrected chi connectivity index (χ3v) is 6.51. The van der Waals surface area contributed by atoms with E-state index in [2.05, 4.69) is 14.7 Å². The van der Waals surface area contributed by atoms with Crippen LogP contribution in [0.3, 0.4) is 0 Å². The van der Waals surface area contributed by atoms with Crippen molar-refractivity contribution >= 4 is 32.4 Å². The molecule has 33 heavy (non-hydrogen) atoms. The van der Waals surface area contributed by atoms with Gasteiger partial charge in [-0.3, -0.25) is 4.72 Å². The molecule has 4 rings (SSSR count). The van der Waals surface area contributed by atoms with Gasteiger partial charge in [0.15, 0.2) is 0 Å². The SMILES string of the molecule is CCc1cc2cc(-c3cnc(OC)c(NS(=O)(=O)c4ccc(F)cc4F)c3)ccc2nc1N. The number of halogens is 2. The maximum Gasteiger partial charge on any atom is 0.264 e. The number of aromatic nitrogens is 2. The minimum absolute atomic E-state index is 0.00324. The summed E-state index contributed by atoms with van der Waals surface area (Å²) in [6, 6.07) is 11.2. The molecule has 0 unspecified atom stereocenters. The van der Waals surface area contributed by atoms with Gasteiger partial charge in [-0.1, -0.05) is 13.0 Å². The van der Waals surface area contributed by atoms with Crippen LogP contribution in [0, 0.1) is 11.6 Å². The zero-order valence-corrected chi connectivity index (χ0v) is 18.6. The highest BCUT2D eigenvalue weighted by atomic mass is 32.2. The monoisotopic (exact) mass is 470 g/mol. The van der Waals surface area contributed by atoms with Gasteiger partial charge in [-0.05, 0) is 53.9 Å². The van der Waals surface area contributed by atoms with Crippen molar-refractivity contribution in [3.05, 3.63) is 71.9 Å². The summed E-state index contributed by atoms with van der Waals surface area (Å²) in [5.74, 6) is -1.62. The van der Waals surface area contributed by atoms with Gasteiger partial charge in [0.25, 0.3) is 10.0 Å². The molecule has 7 nitrogen and oxygen atoms in total. The molecule has 2 heterocycles. The van der Waals surface area contributed by atoms with Crippen molar-refractivity contribution in [1.82, 2.24) is 9.97 Å². The van der Waals surface area contributed by atoms with Gasteiger partial charge in [0.1, 0.15) is 28.0 Å². The number of methoxy groups -OCH3 is 1. The third-order valence-electron chi connectivity index (χ3n) is 5.11. The number of hydrogen-bond acceptors (Lipinski definition) is 6. The van der Waals surface area contributed by atoms with Gasteiger partial charge in [-0.2, -0.15) is 0 Å². The van der Waals surface area contributed by atoms with Gasteiger partial charge >= 0.3 is 0 Å². The molecule has 0 saturated heterocycles. The summed E-state index contributed by atoms with van der Waals surface area (Å²) < 4.78 is 60.2. The van der Waals surface area contributed by atoms with E-state index in [0.29, 0.717) is 17.4 Å². The van der Waals surface area contributed by atoms with Crippen molar-refractivity contribution in [2.75, 3.05) is 17.6 Å². The summed E-state index contributed by atoms with van der Waals surface area (Å²) in [5, 5.41) is 0.866. The molecule has 2 aromatic heterocycles. The summed E-state index contributed by atoms with van der Waals surface area (Å²) in [5.41, 5.74) is 8.96. The number of pyridine rings is 2. The summed E-state index contributed by atoms with van der Waals surface area (Å²) in [4.78, 5) is 7.89. The Morgan fingerprint density at radius 3 is 2.55 bits per heavy atom. The van der Waals surface area contributed by atoms with Gasteiger partial charge < -0.3 is 10.5 Å². The van der Waals surface area contributed by atoms with E-state index >= 15 is 0 Å². The largest absolute Gasteiger partial charge is 0.480 e. The smallest absolute Gasteiger partial charge is 0.264 e. The van der Waals surface area contributed by atoms with E-state index in [4.69, 9.17) is 10.5 Å². The molecule has 0 aliphatic heterocycles. The Labute approximate surface area is 189 Å². The molecule has 10 heteroatoms. The van der Waals surface area contributed by atoms with Crippen LogP contribution in [-0.2, 0) is 16.4 Å². The molecule has 0 aliphatic carbocycles. The van der Waals surface area contributed by atoms with Crippen molar-refractivity contribution in [1.29, 1.82) is 0 Å². The maximum absolute atomic E-state index is 14.1. The van der Waals surface area contributed by atoms with Crippen LogP contribution in [0.2, 0.25) is 0 Å². The van der Waals surface area contributed by atoms with E-state index in [1.807, 2.05) is 31.2 Å². The average molecular weight is 471 g/mol. The molecule has 2 aromatic carbocycles. The van der Waals surface area contributed by atoms with Crippen LogP contribution in [0.5, 0.6) is 5.88 Å². The van der Waals surface area contributed by atoms with Gasteiger partial charge in [-0.25, -0.2) is 27.2 Å². The number of benzene rings is 2. The predicted molar refractivity (Wildman–Crippen MR) is 122 cm³/mol. The number of nitrogens with zero attached hydrogens (tertiary/aromatic N) is 2. The first-order chi connectivity index (χ1) is 15.7. The summed E-state index contributed by atoms with van der Waals surface area (Å²) in [6.45, 7) is 1.98. The number of rotatable bonds is 6. The predicted octanol–water partition coefficient (Wildman–Crippen LogP) is 4.53. The fourth-order valence-electron chi connectivity index (χ4n) is 3.44. The molecule has 0 atom stereocenters. The normalized spacial score (nSPS) is 11.5. The topological polar surface area (TPSA) is 107 Å². The van der Waals surface area contributed by atoms with Crippen LogP contribution < -0.4 is 15.2 Å². The van der Waals surface area contributed by atoms with Crippen molar-refractivity contribution in [3.8, 4) is 17.0 Å². The maximum atomic E-state index is 14.1. The average Bonchev–Trinajstić information content (AvgIpc) is 2.77. The molecule has 0 spiro atoms. The number of anilines is 2. The van der Waals surface area contributed by atoms with Crippen molar-refractivity contribution in [3.63, 3.8) is 0 Å². The van der Waals surface area contributed by atoms with Crippen LogP contribution in [-0.4, -0.2) is 25.5 Å². The molecule has 0 saturated carbocycles. The Bertz CT molecular complexity index is 1480. The molecule has 0 radical (unpaired) electrons. The third kappa shape index (κ3) is 4.42. The molecule has 0 amide bonds. The second kappa shape index (κ2) is 8.62. The second-order valence-corrected chi connectivity index (χ2v) is 8.91. The zero-order valence-electron chi connectivity index (χ0n) is 17.8. The van der Waals surface area contributed by atoms with Crippen LogP contribution in [0.25, 0.3) is 22.0 Å². The van der Waals surface area contributed by atoms with Crippen LogP contribution in [0.4, 0.5) is 20.3 Å². The van der Waals surface area contributed by atoms with E-state index in [0.717, 1.165) is 40.6 Å². The highest BCUT2D eigenvalue weighted by Gasteiger charge is 2.22. The quantitative estimate of drug-likeness (QED) is 0.429. The number of nitrogens with one attached hydrogen (secondary N) is 1. The molecule has 4 aromatic rings. The molecule has 0 aliphatic rings. The number of sulfonamides is 1. The Kier molecular flexibility index (Phi) is 5.86. The summed E-state index contributed by atoms with van der Waals surface area (Å²) >= 11 is 0. The van der Waals surface area contributed by atoms with Crippen molar-refractivity contribution < 1.29 is 21.9 Å². The lowest BCUT2D eigenvalue weighted by Crippen LogP contribution is -2.15. The highest BCUT2D eigenvalue weighted by Crippen LogP contribution is 2.32. The standard InChI is InChI=1S/C23H20F2N4O3S/c1-3-13-8-15-9-14(4-6-19(15)28-22(13)26)16-10-20(23(32-2)27-12-16)29-33(30,31)21-7-5-17(24)11-18(21)25/h4-12,29H,3H2,1-2H3,(H2,26,28). The lowest BCUT2D eigenvalue weighted by Gasteiger charge is -2.13. The Morgan fingerprint density at radius 1 is 1.06 bits per heavy atom. The summed E-state index contributed by atoms with van der Waals surface area (Å²) in [7, 11) is -3.05. The van der Waals surface area contributed by atoms with Crippen molar-refractivity contribution in [2.45, 2.75) is 18.2 Å².